The summed E-state index contributed by atoms with van der Waals surface area (Å²) in [6, 6.07) is 24.5. The van der Waals surface area contributed by atoms with E-state index in [4.69, 9.17) is 4.98 Å². The number of carbonyl (C=O) groups excluding carboxylic acids is 1. The van der Waals surface area contributed by atoms with Crippen molar-refractivity contribution >= 4 is 16.9 Å². The smallest absolute Gasteiger partial charge is 0.224 e. The Bertz CT molecular complexity index is 1270. The SMILES string of the molecule is C[C@@H](NC(=O)[C@H]1CCCN(Cc2nc3ccccc3n2-c2ccc(F)cc2)C1)c1ccccc1. The first-order valence-corrected chi connectivity index (χ1v) is 11.9. The van der Waals surface area contributed by atoms with Gasteiger partial charge in [0.1, 0.15) is 11.6 Å². The highest BCUT2D eigenvalue weighted by molar-refractivity contribution is 5.79. The summed E-state index contributed by atoms with van der Waals surface area (Å²) in [6.07, 6.45) is 1.85. The fraction of sp³-hybridized carbons (Fsp3) is 0.286. The zero-order chi connectivity index (χ0) is 23.5. The van der Waals surface area contributed by atoms with Crippen LogP contribution in [0.25, 0.3) is 16.7 Å². The Kier molecular flexibility index (Phi) is 6.41. The van der Waals surface area contributed by atoms with Crippen molar-refractivity contribution in [3.05, 3.63) is 96.1 Å². The average molecular weight is 457 g/mol. The van der Waals surface area contributed by atoms with Crippen LogP contribution in [-0.4, -0.2) is 33.4 Å². The van der Waals surface area contributed by atoms with E-state index in [2.05, 4.69) is 14.8 Å². The third kappa shape index (κ3) is 4.73. The van der Waals surface area contributed by atoms with Crippen LogP contribution in [-0.2, 0) is 11.3 Å². The van der Waals surface area contributed by atoms with Crippen LogP contribution in [0.5, 0.6) is 0 Å². The van der Waals surface area contributed by atoms with Crippen molar-refractivity contribution in [2.45, 2.75) is 32.4 Å². The minimum absolute atomic E-state index is 0.0215. The summed E-state index contributed by atoms with van der Waals surface area (Å²) in [4.78, 5) is 20.2. The number of nitrogens with zero attached hydrogens (tertiary/aromatic N) is 3. The average Bonchev–Trinajstić information content (AvgIpc) is 3.23. The summed E-state index contributed by atoms with van der Waals surface area (Å²) in [6.45, 7) is 4.27. The highest BCUT2D eigenvalue weighted by Gasteiger charge is 2.28. The second kappa shape index (κ2) is 9.77. The molecule has 1 N–H and O–H groups in total. The van der Waals surface area contributed by atoms with Crippen LogP contribution in [0.15, 0.2) is 78.9 Å². The number of benzene rings is 3. The number of imidazole rings is 1. The lowest BCUT2D eigenvalue weighted by molar-refractivity contribution is -0.127. The Morgan fingerprint density at radius 1 is 1.06 bits per heavy atom. The van der Waals surface area contributed by atoms with Gasteiger partial charge in [0.25, 0.3) is 0 Å². The van der Waals surface area contributed by atoms with E-state index in [0.717, 1.165) is 47.5 Å². The van der Waals surface area contributed by atoms with Crippen molar-refractivity contribution in [2.24, 2.45) is 5.92 Å². The number of rotatable bonds is 6. The zero-order valence-corrected chi connectivity index (χ0v) is 19.3. The van der Waals surface area contributed by atoms with Crippen molar-refractivity contribution in [2.75, 3.05) is 13.1 Å². The minimum Gasteiger partial charge on any atom is -0.349 e. The van der Waals surface area contributed by atoms with Gasteiger partial charge in [-0.3, -0.25) is 14.3 Å². The molecule has 0 aliphatic carbocycles. The van der Waals surface area contributed by atoms with Gasteiger partial charge in [-0.05, 0) is 68.3 Å². The van der Waals surface area contributed by atoms with Crippen molar-refractivity contribution in [3.8, 4) is 5.69 Å². The summed E-state index contributed by atoms with van der Waals surface area (Å²) < 4.78 is 15.7. The second-order valence-corrected chi connectivity index (χ2v) is 9.04. The summed E-state index contributed by atoms with van der Waals surface area (Å²) in [7, 11) is 0. The Morgan fingerprint density at radius 3 is 2.59 bits per heavy atom. The number of halogens is 1. The van der Waals surface area contributed by atoms with Gasteiger partial charge in [-0.25, -0.2) is 9.37 Å². The number of piperidine rings is 1. The van der Waals surface area contributed by atoms with E-state index in [1.165, 1.54) is 12.1 Å². The maximum atomic E-state index is 13.6. The van der Waals surface area contributed by atoms with Crippen LogP contribution in [0, 0.1) is 11.7 Å². The molecule has 2 heterocycles. The number of likely N-dealkylation sites (tertiary alicyclic amines) is 1. The van der Waals surface area contributed by atoms with Crippen molar-refractivity contribution < 1.29 is 9.18 Å². The molecule has 5 rings (SSSR count). The van der Waals surface area contributed by atoms with Gasteiger partial charge in [-0.15, -0.1) is 0 Å². The molecule has 0 spiro atoms. The molecule has 0 radical (unpaired) electrons. The Hall–Kier alpha value is -3.51. The van der Waals surface area contributed by atoms with Gasteiger partial charge in [0.05, 0.1) is 29.5 Å². The van der Waals surface area contributed by atoms with Gasteiger partial charge in [0.15, 0.2) is 0 Å². The fourth-order valence-electron chi connectivity index (χ4n) is 4.83. The predicted octanol–water partition coefficient (Wildman–Crippen LogP) is 5.25. The van der Waals surface area contributed by atoms with Gasteiger partial charge in [0.2, 0.25) is 5.91 Å². The molecule has 1 fully saturated rings. The highest BCUT2D eigenvalue weighted by atomic mass is 19.1. The first-order valence-electron chi connectivity index (χ1n) is 11.9. The van der Waals surface area contributed by atoms with Crippen molar-refractivity contribution in [3.63, 3.8) is 0 Å². The summed E-state index contributed by atoms with van der Waals surface area (Å²) in [5, 5.41) is 3.19. The van der Waals surface area contributed by atoms with E-state index >= 15 is 0 Å². The third-order valence-corrected chi connectivity index (χ3v) is 6.61. The molecule has 34 heavy (non-hydrogen) atoms. The summed E-state index contributed by atoms with van der Waals surface area (Å²) in [5.41, 5.74) is 3.89. The van der Waals surface area contributed by atoms with Crippen LogP contribution in [0.3, 0.4) is 0 Å². The predicted molar refractivity (Wildman–Crippen MR) is 132 cm³/mol. The number of nitrogens with one attached hydrogen (secondary N) is 1. The molecule has 4 aromatic rings. The maximum Gasteiger partial charge on any atom is 0.224 e. The number of amides is 1. The molecule has 1 aromatic heterocycles. The number of hydrogen-bond acceptors (Lipinski definition) is 3. The van der Waals surface area contributed by atoms with Crippen molar-refractivity contribution in [1.82, 2.24) is 19.8 Å². The van der Waals surface area contributed by atoms with Gasteiger partial charge in [0, 0.05) is 12.2 Å². The lowest BCUT2D eigenvalue weighted by Gasteiger charge is -2.32. The molecule has 0 unspecified atom stereocenters. The molecule has 1 aliphatic rings. The van der Waals surface area contributed by atoms with Gasteiger partial charge >= 0.3 is 0 Å². The number of para-hydroxylation sites is 2. The maximum absolute atomic E-state index is 13.6. The number of carbonyl (C=O) groups is 1. The number of fused-ring (bicyclic) bond motifs is 1. The third-order valence-electron chi connectivity index (χ3n) is 6.61. The first-order chi connectivity index (χ1) is 16.6. The van der Waals surface area contributed by atoms with Gasteiger partial charge in [-0.1, -0.05) is 42.5 Å². The second-order valence-electron chi connectivity index (χ2n) is 9.04. The topological polar surface area (TPSA) is 50.2 Å². The molecular weight excluding hydrogens is 427 g/mol. The molecule has 5 nitrogen and oxygen atoms in total. The van der Waals surface area contributed by atoms with E-state index in [9.17, 15) is 9.18 Å². The van der Waals surface area contributed by atoms with E-state index < -0.39 is 0 Å². The summed E-state index contributed by atoms with van der Waals surface area (Å²) in [5.74, 6) is 0.688. The molecule has 174 valence electrons. The Balaban J connectivity index is 1.33. The number of hydrogen-bond donors (Lipinski definition) is 1. The Labute approximate surface area is 199 Å². The zero-order valence-electron chi connectivity index (χ0n) is 19.3. The van der Waals surface area contributed by atoms with Crippen molar-refractivity contribution in [1.29, 1.82) is 0 Å². The monoisotopic (exact) mass is 456 g/mol. The van der Waals surface area contributed by atoms with Crippen LogP contribution >= 0.6 is 0 Å². The molecule has 0 saturated carbocycles. The Morgan fingerprint density at radius 2 is 1.79 bits per heavy atom. The molecule has 1 saturated heterocycles. The lowest BCUT2D eigenvalue weighted by atomic mass is 9.96. The van der Waals surface area contributed by atoms with E-state index in [1.54, 1.807) is 12.1 Å². The number of aromatic nitrogens is 2. The molecular formula is C28H29FN4O. The fourth-order valence-corrected chi connectivity index (χ4v) is 4.83. The lowest BCUT2D eigenvalue weighted by Crippen LogP contribution is -2.43. The first kappa shape index (κ1) is 22.3. The van der Waals surface area contributed by atoms with Gasteiger partial charge in [-0.2, -0.15) is 0 Å². The van der Waals surface area contributed by atoms with Gasteiger partial charge < -0.3 is 5.32 Å². The van der Waals surface area contributed by atoms with Crippen LogP contribution in [0.2, 0.25) is 0 Å². The highest BCUT2D eigenvalue weighted by Crippen LogP contribution is 2.25. The van der Waals surface area contributed by atoms with Crippen LogP contribution in [0.1, 0.15) is 37.2 Å². The van der Waals surface area contributed by atoms with E-state index in [1.807, 2.05) is 61.5 Å². The molecule has 2 atom stereocenters. The van der Waals surface area contributed by atoms with Crippen LogP contribution < -0.4 is 5.32 Å². The quantitative estimate of drug-likeness (QED) is 0.431. The largest absolute Gasteiger partial charge is 0.349 e. The van der Waals surface area contributed by atoms with E-state index in [0.29, 0.717) is 13.1 Å². The molecule has 0 bridgehead atoms. The molecule has 1 amide bonds. The normalized spacial score (nSPS) is 17.5. The standard InChI is InChI=1S/C28H29FN4O/c1-20(21-8-3-2-4-9-21)30-28(34)22-10-7-17-32(18-22)19-27-31-25-11-5-6-12-26(25)33(27)24-15-13-23(29)14-16-24/h2-6,8-9,11-16,20,22H,7,10,17-19H2,1H3,(H,30,34)/t20-,22+/m1/s1. The summed E-state index contributed by atoms with van der Waals surface area (Å²) >= 11 is 0. The molecule has 1 aliphatic heterocycles. The molecule has 3 aromatic carbocycles. The van der Waals surface area contributed by atoms with E-state index in [-0.39, 0.29) is 23.7 Å². The minimum atomic E-state index is -0.260. The molecule has 6 heteroatoms. The van der Waals surface area contributed by atoms with Crippen LogP contribution in [0.4, 0.5) is 4.39 Å².